The van der Waals surface area contributed by atoms with Crippen LogP contribution < -0.4 is 10.5 Å². The monoisotopic (exact) mass is 444 g/mol. The van der Waals surface area contributed by atoms with Gasteiger partial charge in [-0.25, -0.2) is 9.07 Å². The second kappa shape index (κ2) is 7.93. The van der Waals surface area contributed by atoms with Crippen LogP contribution in [-0.2, 0) is 13.6 Å². The predicted molar refractivity (Wildman–Crippen MR) is 113 cm³/mol. The number of rotatable bonds is 4. The molecule has 7 heteroatoms. The van der Waals surface area contributed by atoms with Crippen LogP contribution in [0.3, 0.4) is 0 Å². The van der Waals surface area contributed by atoms with Crippen molar-refractivity contribution in [1.82, 2.24) is 14.3 Å². The molecule has 28 heavy (non-hydrogen) atoms. The lowest BCUT2D eigenvalue weighted by atomic mass is 10.2. The standard InChI is InChI=1S/C21H22BrFN4O/c1-24-19(20(22)21(28)27(24)16-7-3-2-4-8-16)15-25-11-13-26(14-12-25)18-10-6-5-9-17(18)23/h2-10H,11-15H2,1H3. The highest BCUT2D eigenvalue weighted by atomic mass is 79.9. The predicted octanol–water partition coefficient (Wildman–Crippen LogP) is 3.40. The zero-order valence-electron chi connectivity index (χ0n) is 15.7. The number of piperazine rings is 1. The molecule has 4 rings (SSSR count). The molecule has 146 valence electrons. The smallest absolute Gasteiger partial charge is 0.286 e. The van der Waals surface area contributed by atoms with E-state index in [9.17, 15) is 9.18 Å². The summed E-state index contributed by atoms with van der Waals surface area (Å²) in [6, 6.07) is 16.5. The Kier molecular flexibility index (Phi) is 5.37. The summed E-state index contributed by atoms with van der Waals surface area (Å²) in [5, 5.41) is 0. The largest absolute Gasteiger partial charge is 0.367 e. The topological polar surface area (TPSA) is 33.4 Å². The molecular weight excluding hydrogens is 423 g/mol. The van der Waals surface area contributed by atoms with E-state index >= 15 is 0 Å². The molecule has 0 saturated carbocycles. The molecule has 1 fully saturated rings. The minimum Gasteiger partial charge on any atom is -0.367 e. The third-order valence-corrected chi connectivity index (χ3v) is 6.06. The fraction of sp³-hybridized carbons (Fsp3) is 0.286. The van der Waals surface area contributed by atoms with Gasteiger partial charge < -0.3 is 4.90 Å². The van der Waals surface area contributed by atoms with Gasteiger partial charge in [0.2, 0.25) is 0 Å². The quantitative estimate of drug-likeness (QED) is 0.618. The second-order valence-electron chi connectivity index (χ2n) is 6.95. The third kappa shape index (κ3) is 3.52. The molecule has 0 atom stereocenters. The minimum absolute atomic E-state index is 0.0614. The van der Waals surface area contributed by atoms with Gasteiger partial charge in [0.1, 0.15) is 10.3 Å². The Balaban J connectivity index is 1.51. The summed E-state index contributed by atoms with van der Waals surface area (Å²) < 4.78 is 18.2. The number of hydrogen-bond acceptors (Lipinski definition) is 3. The van der Waals surface area contributed by atoms with Crippen LogP contribution in [0.25, 0.3) is 5.69 Å². The van der Waals surface area contributed by atoms with Gasteiger partial charge >= 0.3 is 0 Å². The van der Waals surface area contributed by atoms with Crippen molar-refractivity contribution in [3.63, 3.8) is 0 Å². The van der Waals surface area contributed by atoms with E-state index in [1.807, 2.05) is 54.2 Å². The van der Waals surface area contributed by atoms with Gasteiger partial charge in [-0.05, 0) is 40.2 Å². The summed E-state index contributed by atoms with van der Waals surface area (Å²) in [5.74, 6) is -0.180. The van der Waals surface area contributed by atoms with Gasteiger partial charge in [-0.2, -0.15) is 0 Å². The molecule has 2 aromatic carbocycles. The van der Waals surface area contributed by atoms with Gasteiger partial charge in [0.05, 0.1) is 17.1 Å². The number of benzene rings is 2. The van der Waals surface area contributed by atoms with Crippen molar-refractivity contribution >= 4 is 21.6 Å². The first-order valence-corrected chi connectivity index (χ1v) is 10.1. The van der Waals surface area contributed by atoms with E-state index in [0.717, 1.165) is 37.6 Å². The van der Waals surface area contributed by atoms with Crippen LogP contribution in [0.1, 0.15) is 5.69 Å². The van der Waals surface area contributed by atoms with Gasteiger partial charge in [0.15, 0.2) is 0 Å². The van der Waals surface area contributed by atoms with Gasteiger partial charge in [-0.3, -0.25) is 14.4 Å². The Labute approximate surface area is 171 Å². The first kappa shape index (κ1) is 19.0. The molecule has 0 amide bonds. The molecule has 0 spiro atoms. The zero-order valence-corrected chi connectivity index (χ0v) is 17.3. The molecule has 1 saturated heterocycles. The van der Waals surface area contributed by atoms with E-state index in [-0.39, 0.29) is 11.4 Å². The maximum atomic E-state index is 14.0. The molecule has 0 radical (unpaired) electrons. The summed E-state index contributed by atoms with van der Waals surface area (Å²) in [6.45, 7) is 3.80. The Bertz CT molecular complexity index is 1020. The Hall–Kier alpha value is -2.38. The lowest BCUT2D eigenvalue weighted by molar-refractivity contribution is 0.242. The van der Waals surface area contributed by atoms with Crippen molar-refractivity contribution < 1.29 is 4.39 Å². The number of aromatic nitrogens is 2. The highest BCUT2D eigenvalue weighted by Crippen LogP contribution is 2.22. The third-order valence-electron chi connectivity index (χ3n) is 5.26. The summed E-state index contributed by atoms with van der Waals surface area (Å²) in [5.41, 5.74) is 2.37. The second-order valence-corrected chi connectivity index (χ2v) is 7.74. The Morgan fingerprint density at radius 1 is 0.964 bits per heavy atom. The van der Waals surface area contributed by atoms with Crippen LogP contribution in [-0.4, -0.2) is 40.4 Å². The van der Waals surface area contributed by atoms with Crippen LogP contribution in [0, 0.1) is 5.82 Å². The van der Waals surface area contributed by atoms with Crippen LogP contribution in [0.5, 0.6) is 0 Å². The highest BCUT2D eigenvalue weighted by Gasteiger charge is 2.23. The normalized spacial score (nSPS) is 15.2. The molecule has 0 aliphatic carbocycles. The van der Waals surface area contributed by atoms with Crippen LogP contribution >= 0.6 is 15.9 Å². The molecule has 0 bridgehead atoms. The van der Waals surface area contributed by atoms with Crippen molar-refractivity contribution in [2.24, 2.45) is 7.05 Å². The first-order chi connectivity index (χ1) is 13.6. The minimum atomic E-state index is -0.180. The van der Waals surface area contributed by atoms with E-state index in [0.29, 0.717) is 16.7 Å². The van der Waals surface area contributed by atoms with Crippen LogP contribution in [0.15, 0.2) is 63.9 Å². The van der Waals surface area contributed by atoms with Crippen LogP contribution in [0.2, 0.25) is 0 Å². The average Bonchev–Trinajstić information content (AvgIpc) is 2.93. The SMILES string of the molecule is Cn1c(CN2CCN(c3ccccc3F)CC2)c(Br)c(=O)n1-c1ccccc1. The van der Waals surface area contributed by atoms with Crippen molar-refractivity contribution in [3.8, 4) is 5.69 Å². The average molecular weight is 445 g/mol. The van der Waals surface area contributed by atoms with E-state index in [1.54, 1.807) is 10.7 Å². The Morgan fingerprint density at radius 2 is 1.61 bits per heavy atom. The fourth-order valence-corrected chi connectivity index (χ4v) is 4.26. The van der Waals surface area contributed by atoms with E-state index in [2.05, 4.69) is 25.7 Å². The van der Waals surface area contributed by atoms with E-state index in [4.69, 9.17) is 0 Å². The lowest BCUT2D eigenvalue weighted by Crippen LogP contribution is -2.46. The molecule has 1 aliphatic rings. The summed E-state index contributed by atoms with van der Waals surface area (Å²) >= 11 is 3.49. The highest BCUT2D eigenvalue weighted by molar-refractivity contribution is 9.10. The molecular formula is C21H22BrFN4O. The molecule has 1 aliphatic heterocycles. The molecule has 5 nitrogen and oxygen atoms in total. The van der Waals surface area contributed by atoms with E-state index in [1.165, 1.54) is 6.07 Å². The maximum absolute atomic E-state index is 14.0. The molecule has 0 unspecified atom stereocenters. The maximum Gasteiger partial charge on any atom is 0.286 e. The number of hydrogen-bond donors (Lipinski definition) is 0. The van der Waals surface area contributed by atoms with Crippen molar-refractivity contribution in [3.05, 3.63) is 80.9 Å². The molecule has 0 N–H and O–H groups in total. The van der Waals surface area contributed by atoms with Gasteiger partial charge in [0.25, 0.3) is 5.56 Å². The van der Waals surface area contributed by atoms with Crippen molar-refractivity contribution in [1.29, 1.82) is 0 Å². The van der Waals surface area contributed by atoms with Gasteiger partial charge in [-0.15, -0.1) is 0 Å². The Morgan fingerprint density at radius 3 is 2.29 bits per heavy atom. The summed E-state index contributed by atoms with van der Waals surface area (Å²) in [7, 11) is 1.91. The number of para-hydroxylation sites is 2. The summed E-state index contributed by atoms with van der Waals surface area (Å²) in [6.07, 6.45) is 0. The van der Waals surface area contributed by atoms with E-state index < -0.39 is 0 Å². The lowest BCUT2D eigenvalue weighted by Gasteiger charge is -2.36. The van der Waals surface area contributed by atoms with Gasteiger partial charge in [-0.1, -0.05) is 30.3 Å². The number of halogens is 2. The van der Waals surface area contributed by atoms with Crippen molar-refractivity contribution in [2.75, 3.05) is 31.1 Å². The number of anilines is 1. The first-order valence-electron chi connectivity index (χ1n) is 9.30. The number of nitrogens with zero attached hydrogens (tertiary/aromatic N) is 4. The molecule has 2 heterocycles. The fourth-order valence-electron chi connectivity index (χ4n) is 3.71. The molecule has 3 aromatic rings. The van der Waals surface area contributed by atoms with Gasteiger partial charge in [0, 0.05) is 39.8 Å². The zero-order chi connectivity index (χ0) is 19.7. The molecule has 1 aromatic heterocycles. The van der Waals surface area contributed by atoms with Crippen molar-refractivity contribution in [2.45, 2.75) is 6.54 Å². The summed E-state index contributed by atoms with van der Waals surface area (Å²) in [4.78, 5) is 17.1. The van der Waals surface area contributed by atoms with Crippen LogP contribution in [0.4, 0.5) is 10.1 Å².